The highest BCUT2D eigenvalue weighted by Crippen LogP contribution is 2.10. The highest BCUT2D eigenvalue weighted by molar-refractivity contribution is 9.11. The van der Waals surface area contributed by atoms with Gasteiger partial charge in [0.05, 0.1) is 5.71 Å². The summed E-state index contributed by atoms with van der Waals surface area (Å²) < 4.78 is 0.961. The average Bonchev–Trinajstić information content (AvgIpc) is 1.87. The van der Waals surface area contributed by atoms with Crippen LogP contribution in [0.3, 0.4) is 0 Å². The maximum Gasteiger partial charge on any atom is 0.0638 e. The summed E-state index contributed by atoms with van der Waals surface area (Å²) in [7, 11) is 0. The van der Waals surface area contributed by atoms with Crippen LogP contribution in [0.15, 0.2) is 16.2 Å². The second kappa shape index (κ2) is 5.80. The van der Waals surface area contributed by atoms with Crippen LogP contribution in [-0.2, 0) is 0 Å². The molecule has 0 atom stereocenters. The maximum atomic E-state index is 8.24. The Kier molecular flexibility index (Phi) is 5.82. The van der Waals surface area contributed by atoms with Crippen molar-refractivity contribution in [2.75, 3.05) is 11.5 Å². The predicted octanol–water partition coefficient (Wildman–Crippen LogP) is 2.48. The molecule has 0 aliphatic carbocycles. The van der Waals surface area contributed by atoms with Gasteiger partial charge in [-0.1, -0.05) is 27.7 Å². The van der Waals surface area contributed by atoms with E-state index in [1.54, 1.807) is 18.7 Å². The second-order valence-corrected chi connectivity index (χ2v) is 3.95. The molecule has 1 N–H and O–H groups in total. The molecular weight excluding hydrogens is 214 g/mol. The molecule has 0 spiro atoms. The van der Waals surface area contributed by atoms with E-state index in [2.05, 4.69) is 27.7 Å². The molecule has 0 saturated heterocycles. The van der Waals surface area contributed by atoms with Crippen molar-refractivity contribution in [3.05, 3.63) is 11.1 Å². The number of oxime groups is 1. The molecule has 0 aromatic carbocycles. The van der Waals surface area contributed by atoms with Crippen LogP contribution in [0.5, 0.6) is 0 Å². The van der Waals surface area contributed by atoms with Gasteiger partial charge in [0.1, 0.15) is 0 Å². The van der Waals surface area contributed by atoms with Crippen molar-refractivity contribution in [2.45, 2.75) is 6.92 Å². The zero-order valence-electron chi connectivity index (χ0n) is 5.80. The first-order valence-corrected chi connectivity index (χ1v) is 4.70. The number of halogens is 1. The van der Waals surface area contributed by atoms with E-state index in [1.807, 2.05) is 0 Å². The molecular formula is C6H10BrNOS. The summed E-state index contributed by atoms with van der Waals surface area (Å²) in [6.45, 7) is 5.45. The van der Waals surface area contributed by atoms with Crippen molar-refractivity contribution < 1.29 is 5.21 Å². The second-order valence-electron chi connectivity index (χ2n) is 1.85. The fraction of sp³-hybridized carbons (Fsp3) is 0.500. The maximum absolute atomic E-state index is 8.24. The minimum absolute atomic E-state index is 0.735. The Bertz CT molecular complexity index is 147. The first-order chi connectivity index (χ1) is 4.66. The van der Waals surface area contributed by atoms with Crippen LogP contribution in [0.2, 0.25) is 0 Å². The SMILES string of the molecule is C=C(Br)CSC/C(C)=N/O. The lowest BCUT2D eigenvalue weighted by Gasteiger charge is -1.96. The fourth-order valence-electron chi connectivity index (χ4n) is 0.338. The van der Waals surface area contributed by atoms with E-state index < -0.39 is 0 Å². The Morgan fingerprint density at radius 2 is 2.30 bits per heavy atom. The summed E-state index contributed by atoms with van der Waals surface area (Å²) in [5.41, 5.74) is 0.735. The molecule has 4 heteroatoms. The Labute approximate surface area is 73.5 Å². The zero-order valence-corrected chi connectivity index (χ0v) is 8.20. The van der Waals surface area contributed by atoms with Gasteiger partial charge in [-0.05, 0) is 11.4 Å². The van der Waals surface area contributed by atoms with Crippen molar-refractivity contribution in [1.82, 2.24) is 0 Å². The molecule has 0 aromatic heterocycles. The first-order valence-electron chi connectivity index (χ1n) is 2.75. The van der Waals surface area contributed by atoms with E-state index in [9.17, 15) is 0 Å². The lowest BCUT2D eigenvalue weighted by molar-refractivity contribution is 0.318. The normalized spacial score (nSPS) is 11.6. The number of thioether (sulfide) groups is 1. The van der Waals surface area contributed by atoms with Crippen molar-refractivity contribution >= 4 is 33.4 Å². The molecule has 0 heterocycles. The van der Waals surface area contributed by atoms with Crippen molar-refractivity contribution in [3.8, 4) is 0 Å². The van der Waals surface area contributed by atoms with E-state index in [0.717, 1.165) is 21.7 Å². The molecule has 58 valence electrons. The Morgan fingerprint density at radius 1 is 1.70 bits per heavy atom. The Hall–Kier alpha value is 0.0400. The highest BCUT2D eigenvalue weighted by Gasteiger charge is 1.92. The van der Waals surface area contributed by atoms with Crippen LogP contribution in [0, 0.1) is 0 Å². The van der Waals surface area contributed by atoms with Crippen LogP contribution in [0.4, 0.5) is 0 Å². The summed E-state index contributed by atoms with van der Waals surface area (Å²) in [4.78, 5) is 0. The number of hydrogen-bond acceptors (Lipinski definition) is 3. The largest absolute Gasteiger partial charge is 0.411 e. The zero-order chi connectivity index (χ0) is 7.98. The van der Waals surface area contributed by atoms with Gasteiger partial charge in [0.2, 0.25) is 0 Å². The van der Waals surface area contributed by atoms with Crippen molar-refractivity contribution in [3.63, 3.8) is 0 Å². The molecule has 0 aromatic rings. The molecule has 0 radical (unpaired) electrons. The molecule has 0 rings (SSSR count). The van der Waals surface area contributed by atoms with Crippen molar-refractivity contribution in [1.29, 1.82) is 0 Å². The van der Waals surface area contributed by atoms with Crippen LogP contribution in [0.1, 0.15) is 6.92 Å². The number of hydrogen-bond donors (Lipinski definition) is 1. The molecule has 0 bridgehead atoms. The van der Waals surface area contributed by atoms with E-state index in [0.29, 0.717) is 0 Å². The Morgan fingerprint density at radius 3 is 2.70 bits per heavy atom. The number of nitrogens with zero attached hydrogens (tertiary/aromatic N) is 1. The fourth-order valence-corrected chi connectivity index (χ4v) is 1.50. The van der Waals surface area contributed by atoms with Crippen LogP contribution < -0.4 is 0 Å². The molecule has 0 aliphatic heterocycles. The third kappa shape index (κ3) is 6.16. The Balaban J connectivity index is 3.29. The monoisotopic (exact) mass is 223 g/mol. The molecule has 0 unspecified atom stereocenters. The summed E-state index contributed by atoms with van der Waals surface area (Å²) >= 11 is 4.89. The molecule has 0 amide bonds. The van der Waals surface area contributed by atoms with E-state index in [-0.39, 0.29) is 0 Å². The quantitative estimate of drug-likeness (QED) is 0.452. The van der Waals surface area contributed by atoms with Crippen LogP contribution >= 0.6 is 27.7 Å². The van der Waals surface area contributed by atoms with Gasteiger partial charge in [0, 0.05) is 11.5 Å². The van der Waals surface area contributed by atoms with Gasteiger partial charge >= 0.3 is 0 Å². The third-order valence-corrected chi connectivity index (χ3v) is 2.57. The topological polar surface area (TPSA) is 32.6 Å². The average molecular weight is 224 g/mol. The minimum Gasteiger partial charge on any atom is -0.411 e. The van der Waals surface area contributed by atoms with E-state index in [1.165, 1.54) is 0 Å². The van der Waals surface area contributed by atoms with Gasteiger partial charge in [-0.3, -0.25) is 0 Å². The summed E-state index contributed by atoms with van der Waals surface area (Å²) in [5.74, 6) is 1.61. The third-order valence-electron chi connectivity index (χ3n) is 0.740. The van der Waals surface area contributed by atoms with Gasteiger partial charge < -0.3 is 5.21 Å². The van der Waals surface area contributed by atoms with E-state index >= 15 is 0 Å². The standard InChI is InChI=1S/C6H10BrNOS/c1-5(7)3-10-4-6(2)8-9/h9H,1,3-4H2,2H3/b8-6+. The van der Waals surface area contributed by atoms with Gasteiger partial charge in [-0.15, -0.1) is 0 Å². The lowest BCUT2D eigenvalue weighted by atomic mass is 10.5. The summed E-state index contributed by atoms with van der Waals surface area (Å²) in [6.07, 6.45) is 0. The molecule has 0 aliphatic rings. The minimum atomic E-state index is 0.735. The molecule has 0 saturated carbocycles. The predicted molar refractivity (Wildman–Crippen MR) is 50.3 cm³/mol. The molecule has 10 heavy (non-hydrogen) atoms. The first kappa shape index (κ1) is 10.0. The van der Waals surface area contributed by atoms with Gasteiger partial charge in [0.25, 0.3) is 0 Å². The van der Waals surface area contributed by atoms with Crippen molar-refractivity contribution in [2.24, 2.45) is 5.16 Å². The molecule has 0 fully saturated rings. The lowest BCUT2D eigenvalue weighted by Crippen LogP contribution is -1.95. The summed E-state index contributed by atoms with van der Waals surface area (Å²) in [5, 5.41) is 11.3. The van der Waals surface area contributed by atoms with Gasteiger partial charge in [-0.2, -0.15) is 11.8 Å². The highest BCUT2D eigenvalue weighted by atomic mass is 79.9. The van der Waals surface area contributed by atoms with Gasteiger partial charge in [-0.25, -0.2) is 0 Å². The molecule has 2 nitrogen and oxygen atoms in total. The smallest absolute Gasteiger partial charge is 0.0638 e. The number of rotatable bonds is 4. The van der Waals surface area contributed by atoms with E-state index in [4.69, 9.17) is 5.21 Å². The van der Waals surface area contributed by atoms with Crippen LogP contribution in [-0.4, -0.2) is 22.4 Å². The summed E-state index contributed by atoms with van der Waals surface area (Å²) in [6, 6.07) is 0. The van der Waals surface area contributed by atoms with Crippen LogP contribution in [0.25, 0.3) is 0 Å². The van der Waals surface area contributed by atoms with Gasteiger partial charge in [0.15, 0.2) is 0 Å².